The van der Waals surface area contributed by atoms with Gasteiger partial charge in [-0.25, -0.2) is 4.98 Å². The van der Waals surface area contributed by atoms with Crippen molar-refractivity contribution in [2.45, 2.75) is 12.6 Å². The van der Waals surface area contributed by atoms with Crippen LogP contribution in [0.5, 0.6) is 5.75 Å². The molecule has 1 heterocycles. The van der Waals surface area contributed by atoms with Crippen molar-refractivity contribution in [1.82, 2.24) is 14.9 Å². The molecule has 0 bridgehead atoms. The lowest BCUT2D eigenvalue weighted by Crippen LogP contribution is -2.33. The van der Waals surface area contributed by atoms with Crippen molar-refractivity contribution in [1.29, 1.82) is 0 Å². The van der Waals surface area contributed by atoms with Gasteiger partial charge in [0.1, 0.15) is 24.3 Å². The van der Waals surface area contributed by atoms with E-state index in [1.807, 2.05) is 60.5 Å². The standard InChI is InChI=1S/C19H21N3O3/c1-22(11-14(23)13-25-15-7-3-2-4-8-15)12-18-20-17-10-6-5-9-16(17)19(24)21-18/h2-10,14,23H,11-13H2,1H3,(H,20,21,24)/t14-/m1/s1. The van der Waals surface area contributed by atoms with Gasteiger partial charge in [-0.3, -0.25) is 9.69 Å². The van der Waals surface area contributed by atoms with Crippen molar-refractivity contribution >= 4 is 10.9 Å². The molecule has 0 amide bonds. The second-order valence-corrected chi connectivity index (χ2v) is 6.00. The summed E-state index contributed by atoms with van der Waals surface area (Å²) in [5.74, 6) is 1.30. The molecule has 3 rings (SSSR count). The molecule has 25 heavy (non-hydrogen) atoms. The Labute approximate surface area is 145 Å². The van der Waals surface area contributed by atoms with Gasteiger partial charge in [0.15, 0.2) is 0 Å². The lowest BCUT2D eigenvalue weighted by molar-refractivity contribution is 0.0737. The van der Waals surface area contributed by atoms with Gasteiger partial charge in [-0.05, 0) is 31.3 Å². The molecule has 0 saturated heterocycles. The highest BCUT2D eigenvalue weighted by Crippen LogP contribution is 2.09. The molecule has 0 fully saturated rings. The molecule has 0 radical (unpaired) electrons. The lowest BCUT2D eigenvalue weighted by Gasteiger charge is -2.20. The molecule has 6 heteroatoms. The molecule has 1 aromatic heterocycles. The van der Waals surface area contributed by atoms with Gasteiger partial charge in [-0.15, -0.1) is 0 Å². The maximum absolute atomic E-state index is 12.1. The van der Waals surface area contributed by atoms with Gasteiger partial charge in [-0.1, -0.05) is 30.3 Å². The summed E-state index contributed by atoms with van der Waals surface area (Å²) >= 11 is 0. The summed E-state index contributed by atoms with van der Waals surface area (Å²) in [6, 6.07) is 16.6. The molecule has 130 valence electrons. The number of aromatic nitrogens is 2. The topological polar surface area (TPSA) is 78.5 Å². The molecule has 1 atom stereocenters. The average Bonchev–Trinajstić information content (AvgIpc) is 2.61. The highest BCUT2D eigenvalue weighted by molar-refractivity contribution is 5.77. The largest absolute Gasteiger partial charge is 0.491 e. The Morgan fingerprint density at radius 3 is 2.68 bits per heavy atom. The second-order valence-electron chi connectivity index (χ2n) is 6.00. The normalized spacial score (nSPS) is 12.4. The number of nitrogens with one attached hydrogen (secondary N) is 1. The maximum atomic E-state index is 12.1. The van der Waals surface area contributed by atoms with Crippen molar-refractivity contribution in [2.24, 2.45) is 0 Å². The number of nitrogens with zero attached hydrogens (tertiary/aromatic N) is 2. The number of rotatable bonds is 7. The minimum absolute atomic E-state index is 0.151. The smallest absolute Gasteiger partial charge is 0.258 e. The van der Waals surface area contributed by atoms with Gasteiger partial charge >= 0.3 is 0 Å². The van der Waals surface area contributed by atoms with Crippen LogP contribution >= 0.6 is 0 Å². The first kappa shape index (κ1) is 17.1. The van der Waals surface area contributed by atoms with Gasteiger partial charge < -0.3 is 14.8 Å². The summed E-state index contributed by atoms with van der Waals surface area (Å²) in [5, 5.41) is 10.7. The number of fused-ring (bicyclic) bond motifs is 1. The Bertz CT molecular complexity index is 880. The van der Waals surface area contributed by atoms with Gasteiger partial charge in [-0.2, -0.15) is 0 Å². The van der Waals surface area contributed by atoms with Crippen molar-refractivity contribution in [2.75, 3.05) is 20.2 Å². The van der Waals surface area contributed by atoms with Gasteiger partial charge in [0, 0.05) is 6.54 Å². The van der Waals surface area contributed by atoms with E-state index in [-0.39, 0.29) is 12.2 Å². The molecule has 2 aromatic carbocycles. The van der Waals surface area contributed by atoms with Crippen LogP contribution in [0.1, 0.15) is 5.82 Å². The molecule has 0 unspecified atom stereocenters. The van der Waals surface area contributed by atoms with Gasteiger partial charge in [0.05, 0.1) is 17.4 Å². The highest BCUT2D eigenvalue weighted by atomic mass is 16.5. The van der Waals surface area contributed by atoms with Crippen molar-refractivity contribution in [3.05, 3.63) is 70.8 Å². The fourth-order valence-corrected chi connectivity index (χ4v) is 2.65. The number of aliphatic hydroxyl groups is 1. The number of likely N-dealkylation sites (N-methyl/N-ethyl adjacent to an activating group) is 1. The minimum atomic E-state index is -0.641. The number of aromatic amines is 1. The van der Waals surface area contributed by atoms with E-state index < -0.39 is 6.10 Å². The van der Waals surface area contributed by atoms with Gasteiger partial charge in [0.2, 0.25) is 0 Å². The van der Waals surface area contributed by atoms with E-state index in [9.17, 15) is 9.90 Å². The SMILES string of the molecule is CN(Cc1nc2ccccc2c(=O)[nH]1)C[C@@H](O)COc1ccccc1. The number of hydrogen-bond donors (Lipinski definition) is 2. The van der Waals surface area contributed by atoms with Crippen LogP contribution in [0.3, 0.4) is 0 Å². The third-order valence-electron chi connectivity index (χ3n) is 3.79. The third-order valence-corrected chi connectivity index (χ3v) is 3.79. The monoisotopic (exact) mass is 339 g/mol. The fraction of sp³-hybridized carbons (Fsp3) is 0.263. The zero-order valence-electron chi connectivity index (χ0n) is 14.1. The van der Waals surface area contributed by atoms with Crippen molar-refractivity contribution in [3.8, 4) is 5.75 Å². The van der Waals surface area contributed by atoms with Crippen LogP contribution in [-0.2, 0) is 6.54 Å². The summed E-state index contributed by atoms with van der Waals surface area (Å²) in [4.78, 5) is 21.2. The molecule has 2 N–H and O–H groups in total. The predicted octanol–water partition coefficient (Wildman–Crippen LogP) is 1.79. The predicted molar refractivity (Wildman–Crippen MR) is 96.6 cm³/mol. The van der Waals surface area contributed by atoms with Gasteiger partial charge in [0.25, 0.3) is 5.56 Å². The number of aliphatic hydroxyl groups excluding tert-OH is 1. The van der Waals surface area contributed by atoms with Crippen LogP contribution in [0.4, 0.5) is 0 Å². The molecular formula is C19H21N3O3. The van der Waals surface area contributed by atoms with Crippen molar-refractivity contribution in [3.63, 3.8) is 0 Å². The molecule has 0 aliphatic carbocycles. The maximum Gasteiger partial charge on any atom is 0.258 e. The molecule has 0 spiro atoms. The van der Waals surface area contributed by atoms with Crippen LogP contribution in [0, 0.1) is 0 Å². The van der Waals surface area contributed by atoms with Crippen molar-refractivity contribution < 1.29 is 9.84 Å². The first-order valence-electron chi connectivity index (χ1n) is 8.14. The first-order chi connectivity index (χ1) is 12.1. The summed E-state index contributed by atoms with van der Waals surface area (Å²) in [6.07, 6.45) is -0.641. The van der Waals surface area contributed by atoms with Crippen LogP contribution in [0.15, 0.2) is 59.4 Å². The minimum Gasteiger partial charge on any atom is -0.491 e. The van der Waals surface area contributed by atoms with E-state index in [0.29, 0.717) is 29.8 Å². The number of hydrogen-bond acceptors (Lipinski definition) is 5. The van der Waals surface area contributed by atoms with Crippen LogP contribution in [0.25, 0.3) is 10.9 Å². The fourth-order valence-electron chi connectivity index (χ4n) is 2.65. The van der Waals surface area contributed by atoms with Crippen LogP contribution in [0.2, 0.25) is 0 Å². The Morgan fingerprint density at radius 1 is 1.16 bits per heavy atom. The molecule has 0 saturated carbocycles. The zero-order valence-corrected chi connectivity index (χ0v) is 14.1. The van der Waals surface area contributed by atoms with E-state index in [2.05, 4.69) is 9.97 Å². The number of ether oxygens (including phenoxy) is 1. The average molecular weight is 339 g/mol. The summed E-state index contributed by atoms with van der Waals surface area (Å²) in [6.45, 7) is 1.04. The Kier molecular flexibility index (Phi) is 5.42. The number of benzene rings is 2. The van der Waals surface area contributed by atoms with E-state index in [1.54, 1.807) is 6.07 Å². The molecular weight excluding hydrogens is 318 g/mol. The molecule has 0 aliphatic rings. The first-order valence-corrected chi connectivity index (χ1v) is 8.14. The quantitative estimate of drug-likeness (QED) is 0.686. The van der Waals surface area contributed by atoms with E-state index >= 15 is 0 Å². The van der Waals surface area contributed by atoms with Crippen LogP contribution in [-0.4, -0.2) is 46.3 Å². The van der Waals surface area contributed by atoms with E-state index in [4.69, 9.17) is 4.74 Å². The Hall–Kier alpha value is -2.70. The zero-order chi connectivity index (χ0) is 17.6. The molecule has 0 aliphatic heterocycles. The number of para-hydroxylation sites is 2. The summed E-state index contributed by atoms with van der Waals surface area (Å²) in [5.41, 5.74) is 0.518. The Morgan fingerprint density at radius 2 is 1.88 bits per heavy atom. The molecule has 3 aromatic rings. The third kappa shape index (κ3) is 4.65. The van der Waals surface area contributed by atoms with Crippen LogP contribution < -0.4 is 10.3 Å². The molecule has 6 nitrogen and oxygen atoms in total. The second kappa shape index (κ2) is 7.92. The Balaban J connectivity index is 1.57. The summed E-state index contributed by atoms with van der Waals surface area (Å²) in [7, 11) is 1.86. The highest BCUT2D eigenvalue weighted by Gasteiger charge is 2.11. The summed E-state index contributed by atoms with van der Waals surface area (Å²) < 4.78 is 5.55. The lowest BCUT2D eigenvalue weighted by atomic mass is 10.2. The van der Waals surface area contributed by atoms with E-state index in [0.717, 1.165) is 5.75 Å². The van der Waals surface area contributed by atoms with E-state index in [1.165, 1.54) is 0 Å². The number of H-pyrrole nitrogens is 1.